The Morgan fingerprint density at radius 2 is 0.797 bits per heavy atom. The van der Waals surface area contributed by atoms with Gasteiger partial charge in [0.2, 0.25) is 56.6 Å². The Bertz CT molecular complexity index is 3470. The number of rotatable bonds is 11. The number of carbonyl (C=O) groups excluding carboxylic acids is 1. The Kier molecular flexibility index (Phi) is 31.8. The molecule has 440 valence electrons. The largest absolute Gasteiger partial charge is 0.507 e. The number of aliphatic carboxylic acids is 1. The molecule has 0 unspecified atom stereocenters. The van der Waals surface area contributed by atoms with Crippen molar-refractivity contribution in [2.45, 2.75) is 45.7 Å². The minimum absolute atomic E-state index is 0.0476. The van der Waals surface area contributed by atoms with Crippen LogP contribution < -0.4 is 14.2 Å². The Balaban J connectivity index is 0.000000495. The Hall–Kier alpha value is 1.39. The highest BCUT2D eigenvalue weighted by atomic mass is 80.0. The van der Waals surface area contributed by atoms with Crippen molar-refractivity contribution in [1.82, 2.24) is 0 Å². The van der Waals surface area contributed by atoms with Crippen molar-refractivity contribution in [2.24, 2.45) is 0 Å². The highest BCUT2D eigenvalue weighted by Crippen LogP contribution is 2.48. The number of benzene rings is 5. The molecule has 0 saturated heterocycles. The number of carboxylic acid groups (broad SMARTS) is 1. The van der Waals surface area contributed by atoms with E-state index >= 15 is 0 Å². The van der Waals surface area contributed by atoms with Gasteiger partial charge < -0.3 is 24.4 Å². The van der Waals surface area contributed by atoms with E-state index in [1.54, 1.807) is 36.4 Å². The molecule has 0 fully saturated rings. The van der Waals surface area contributed by atoms with E-state index in [0.717, 1.165) is 5.56 Å². The molecular formula is C42H35Br15O17S5. The summed E-state index contributed by atoms with van der Waals surface area (Å²) in [5.41, 5.74) is 1.50. The summed E-state index contributed by atoms with van der Waals surface area (Å²) in [5.74, 6) is -0.480. The van der Waals surface area contributed by atoms with Crippen LogP contribution in [0.3, 0.4) is 0 Å². The van der Waals surface area contributed by atoms with E-state index in [9.17, 15) is 56.8 Å². The number of phenolic OH excluding ortho intramolecular Hbond substituents is 1. The van der Waals surface area contributed by atoms with E-state index in [1.807, 2.05) is 6.92 Å². The number of aryl methyl sites for hydroxylation is 1. The van der Waals surface area contributed by atoms with Crippen LogP contribution in [0, 0.1) is 6.92 Å². The maximum Gasteiger partial charge on any atom is 0.341 e. The number of methoxy groups -OCH3 is 2. The normalized spacial score (nSPS) is 12.5. The quantitative estimate of drug-likeness (QED) is 0.0918. The lowest BCUT2D eigenvalue weighted by molar-refractivity contribution is -0.139. The molecule has 5 aromatic rings. The van der Waals surface area contributed by atoms with E-state index < -0.39 is 69.1 Å². The number of hydrogen-bond donors (Lipinski definition) is 2. The van der Waals surface area contributed by atoms with Gasteiger partial charge in [0.15, 0.2) is 12.4 Å². The fourth-order valence-corrected chi connectivity index (χ4v) is 17.0. The Labute approximate surface area is 582 Å². The Morgan fingerprint density at radius 3 is 1.13 bits per heavy atom. The van der Waals surface area contributed by atoms with Crippen LogP contribution >= 0.6 is 239 Å². The van der Waals surface area contributed by atoms with Gasteiger partial charge in [-0.2, -0.15) is 0 Å². The summed E-state index contributed by atoms with van der Waals surface area (Å²) < 4.78 is 127. The molecule has 5 rings (SSSR count). The highest BCUT2D eigenvalue weighted by molar-refractivity contribution is 9.44. The van der Waals surface area contributed by atoms with Crippen LogP contribution in [0.25, 0.3) is 0 Å². The van der Waals surface area contributed by atoms with E-state index in [1.165, 1.54) is 100 Å². The zero-order valence-electron chi connectivity index (χ0n) is 39.4. The second-order valence-electron chi connectivity index (χ2n) is 14.3. The number of ether oxygens (including phenoxy) is 3. The molecule has 0 radical (unpaired) electrons. The molecule has 2 N–H and O–H groups in total. The van der Waals surface area contributed by atoms with E-state index in [-0.39, 0.29) is 47.5 Å². The average Bonchev–Trinajstić information content (AvgIpc) is 3.32. The van der Waals surface area contributed by atoms with Gasteiger partial charge in [-0.25, -0.2) is 46.9 Å². The summed E-state index contributed by atoms with van der Waals surface area (Å²) in [4.78, 5) is 21.6. The van der Waals surface area contributed by atoms with Gasteiger partial charge in [-0.1, -0.05) is 42.0 Å². The van der Waals surface area contributed by atoms with Crippen LogP contribution in [0.2, 0.25) is 0 Å². The lowest BCUT2D eigenvalue weighted by atomic mass is 10.2. The maximum atomic E-state index is 12.2. The third-order valence-corrected chi connectivity index (χ3v) is 35.5. The molecule has 79 heavy (non-hydrogen) atoms. The van der Waals surface area contributed by atoms with Crippen molar-refractivity contribution in [3.63, 3.8) is 0 Å². The lowest BCUT2D eigenvalue weighted by Gasteiger charge is -2.16. The Morgan fingerprint density at radius 1 is 0.456 bits per heavy atom. The molecule has 37 heteroatoms. The van der Waals surface area contributed by atoms with Gasteiger partial charge in [0, 0.05) is 11.6 Å². The number of aromatic hydroxyl groups is 1. The van der Waals surface area contributed by atoms with Gasteiger partial charge in [0.25, 0.3) is 0 Å². The molecule has 0 bridgehead atoms. The number of phenols is 1. The van der Waals surface area contributed by atoms with Crippen molar-refractivity contribution in [3.8, 4) is 23.0 Å². The van der Waals surface area contributed by atoms with Crippen molar-refractivity contribution in [1.29, 1.82) is 0 Å². The van der Waals surface area contributed by atoms with Crippen LogP contribution in [0.4, 0.5) is 0 Å². The van der Waals surface area contributed by atoms with Gasteiger partial charge >= 0.3 is 5.97 Å². The third kappa shape index (κ3) is 23.1. The first-order valence-electron chi connectivity index (χ1n) is 19.7. The van der Waals surface area contributed by atoms with Gasteiger partial charge in [-0.15, -0.1) is 0 Å². The molecule has 0 spiro atoms. The number of para-hydroxylation sites is 1. The van der Waals surface area contributed by atoms with Crippen LogP contribution in [0.5, 0.6) is 23.0 Å². The SMILES string of the molecule is CC(=O)c1ccc(S(=O)(=O)C(Br)(Br)Br)cc1.COc1ccc(S(=O)(=O)C(Br)(Br)Br)c(OC)c1.Cc1ccc(S(=O)(=O)C(Br)(Br)Br)cc1.O=C(O)COc1ccc(S(=O)(=O)C(Br)(Br)Br)cc1.O=S(=O)(c1ccccc1O)C(Br)(Br)Br. The van der Waals surface area contributed by atoms with Gasteiger partial charge in [0.1, 0.15) is 32.8 Å². The fraction of sp³-hybridized carbons (Fsp3) is 0.238. The summed E-state index contributed by atoms with van der Waals surface area (Å²) in [5, 5.41) is 17.8. The summed E-state index contributed by atoms with van der Waals surface area (Å²) in [6, 6.07) is 28.0. The third-order valence-electron chi connectivity index (χ3n) is 8.74. The molecule has 0 aromatic heterocycles. The number of hydrogen-bond acceptors (Lipinski definition) is 16. The number of carbonyl (C=O) groups is 2. The van der Waals surface area contributed by atoms with E-state index in [0.29, 0.717) is 11.3 Å². The monoisotopic (exact) mass is 2150 g/mol. The van der Waals surface area contributed by atoms with Crippen molar-refractivity contribution in [2.75, 3.05) is 20.8 Å². The highest BCUT2D eigenvalue weighted by Gasteiger charge is 2.42. The van der Waals surface area contributed by atoms with E-state index in [2.05, 4.69) is 239 Å². The predicted molar refractivity (Wildman–Crippen MR) is 358 cm³/mol. The molecule has 0 aliphatic rings. The van der Waals surface area contributed by atoms with Crippen LogP contribution in [0.1, 0.15) is 22.8 Å². The lowest BCUT2D eigenvalue weighted by Crippen LogP contribution is -2.18. The van der Waals surface area contributed by atoms with Gasteiger partial charge in [-0.3, -0.25) is 4.79 Å². The molecule has 0 saturated carbocycles. The molecule has 0 heterocycles. The average molecular weight is 2170 g/mol. The smallest absolute Gasteiger partial charge is 0.341 e. The summed E-state index contributed by atoms with van der Waals surface area (Å²) in [7, 11) is -15.2. The zero-order chi connectivity index (χ0) is 61.8. The topological polar surface area (TPSA) is 273 Å². The molecule has 17 nitrogen and oxygen atoms in total. The second kappa shape index (κ2) is 32.0. The molecule has 5 aromatic carbocycles. The first kappa shape index (κ1) is 78.4. The number of sulfone groups is 5. The minimum Gasteiger partial charge on any atom is -0.507 e. The first-order chi connectivity index (χ1) is 35.6. The first-order valence-corrected chi connectivity index (χ1v) is 39.1. The standard InChI is InChI=1S/C9H7Br3O5S.C9H9Br3O4S.C9H7Br3O3S.C8H7Br3O2S.C7H5Br3O3S/c10-9(11,12)18(15,16)7-3-1-6(2-4-7)17-5-8(13)14;1-15-6-3-4-8(7(5-6)16-2)17(13,14)9(10,11)12;1-6(13)7-2-4-8(5-3-7)16(14,15)9(10,11)12;1-6-2-4-7(5-3-6)14(12,13)8(9,10)11;8-7(9,10)14(12,13)6-4-2-1-3-5(6)11/h1-4H,5H2,(H,13,14);3-5H,1-2H3;2-5H,1H3;2-5H,1H3;1-4,11H. The summed E-state index contributed by atoms with van der Waals surface area (Å²) in [6.07, 6.45) is 0. The molecular weight excluding hydrogens is 2140 g/mol. The van der Waals surface area contributed by atoms with E-state index in [4.69, 9.17) is 19.3 Å². The summed E-state index contributed by atoms with van der Waals surface area (Å²) >= 11 is 44.4. The number of halogens is 15. The molecule has 0 amide bonds. The van der Waals surface area contributed by atoms with Crippen LogP contribution in [-0.2, 0) is 54.0 Å². The van der Waals surface area contributed by atoms with Crippen LogP contribution in [-0.4, -0.2) is 92.3 Å². The van der Waals surface area contributed by atoms with Crippen molar-refractivity contribution >= 4 is 300 Å². The molecule has 0 aliphatic heterocycles. The minimum atomic E-state index is -3.71. The number of Topliss-reactive ketones (excluding diaryl/α,β-unsaturated/α-hetero) is 1. The van der Waals surface area contributed by atoms with Gasteiger partial charge in [0.05, 0.1) is 28.9 Å². The predicted octanol–water partition coefficient (Wildman–Crippen LogP) is 16.0. The number of ketones is 1. The van der Waals surface area contributed by atoms with Crippen molar-refractivity contribution < 1.29 is 76.1 Å². The maximum absolute atomic E-state index is 12.2. The summed E-state index contributed by atoms with van der Waals surface area (Å²) in [6.45, 7) is 2.85. The number of alkyl halides is 15. The number of carboxylic acids is 1. The molecule has 0 aliphatic carbocycles. The zero-order valence-corrected chi connectivity index (χ0v) is 67.3. The van der Waals surface area contributed by atoms with Crippen molar-refractivity contribution in [3.05, 3.63) is 126 Å². The molecule has 0 atom stereocenters. The van der Waals surface area contributed by atoms with Gasteiger partial charge in [-0.05, 0) is 326 Å². The van der Waals surface area contributed by atoms with Crippen LogP contribution in [0.15, 0.2) is 140 Å². The second-order valence-corrected chi connectivity index (χ2v) is 66.3. The fourth-order valence-electron chi connectivity index (χ4n) is 4.78.